The van der Waals surface area contributed by atoms with Gasteiger partial charge in [-0.05, 0) is 12.1 Å². The SMILES string of the molecule is O=[N+]([O-])c1ccc(OCP(=O)(c2ccccc2)c2ccccc2)cc1. The highest BCUT2D eigenvalue weighted by molar-refractivity contribution is 7.78. The maximum absolute atomic E-state index is 13.7. The van der Waals surface area contributed by atoms with Crippen molar-refractivity contribution < 1.29 is 14.2 Å². The second-order valence-corrected chi connectivity index (χ2v) is 8.21. The normalized spacial score (nSPS) is 11.0. The maximum Gasteiger partial charge on any atom is 0.269 e. The summed E-state index contributed by atoms with van der Waals surface area (Å²) in [7, 11) is -2.98. The first-order valence-corrected chi connectivity index (χ1v) is 9.56. The summed E-state index contributed by atoms with van der Waals surface area (Å²) < 4.78 is 19.5. The van der Waals surface area contributed by atoms with Gasteiger partial charge in [0.1, 0.15) is 12.1 Å². The van der Waals surface area contributed by atoms with Crippen LogP contribution in [0.15, 0.2) is 84.9 Å². The highest BCUT2D eigenvalue weighted by Gasteiger charge is 2.28. The van der Waals surface area contributed by atoms with Gasteiger partial charge in [0.15, 0.2) is 7.14 Å². The minimum absolute atomic E-state index is 0.0124. The molecular weight excluding hydrogens is 337 g/mol. The molecule has 0 atom stereocenters. The lowest BCUT2D eigenvalue weighted by molar-refractivity contribution is -0.384. The Bertz CT molecular complexity index is 852. The Labute approximate surface area is 145 Å². The van der Waals surface area contributed by atoms with Crippen molar-refractivity contribution in [2.45, 2.75) is 0 Å². The van der Waals surface area contributed by atoms with Gasteiger partial charge in [-0.1, -0.05) is 60.7 Å². The largest absolute Gasteiger partial charge is 0.485 e. The molecule has 5 nitrogen and oxygen atoms in total. The van der Waals surface area contributed by atoms with Gasteiger partial charge in [0.25, 0.3) is 5.69 Å². The van der Waals surface area contributed by atoms with Gasteiger partial charge in [-0.25, -0.2) is 0 Å². The zero-order valence-corrected chi connectivity index (χ0v) is 14.2. The van der Waals surface area contributed by atoms with Gasteiger partial charge in [-0.15, -0.1) is 0 Å². The number of hydrogen-bond donors (Lipinski definition) is 0. The van der Waals surface area contributed by atoms with Crippen molar-refractivity contribution >= 4 is 23.4 Å². The average Bonchev–Trinajstić information content (AvgIpc) is 2.68. The molecule has 0 spiro atoms. The molecule has 0 N–H and O–H groups in total. The Morgan fingerprint density at radius 2 is 1.28 bits per heavy atom. The Morgan fingerprint density at radius 1 is 0.800 bits per heavy atom. The van der Waals surface area contributed by atoms with Crippen LogP contribution in [-0.4, -0.2) is 11.3 Å². The van der Waals surface area contributed by atoms with Crippen LogP contribution < -0.4 is 15.3 Å². The zero-order valence-electron chi connectivity index (χ0n) is 13.3. The standard InChI is InChI=1S/C19H16NO4P/c21-20(22)16-11-13-17(14-12-16)24-15-25(23,18-7-3-1-4-8-18)19-9-5-2-6-10-19/h1-14H,15H2. The summed E-state index contributed by atoms with van der Waals surface area (Å²) in [6, 6.07) is 24.2. The third-order valence-corrected chi connectivity index (χ3v) is 6.56. The minimum Gasteiger partial charge on any atom is -0.485 e. The average molecular weight is 353 g/mol. The van der Waals surface area contributed by atoms with Crippen LogP contribution in [0.3, 0.4) is 0 Å². The van der Waals surface area contributed by atoms with E-state index < -0.39 is 12.1 Å². The Morgan fingerprint density at radius 3 is 1.72 bits per heavy atom. The number of rotatable bonds is 6. The third-order valence-electron chi connectivity index (χ3n) is 3.81. The van der Waals surface area contributed by atoms with E-state index in [2.05, 4.69) is 0 Å². The van der Waals surface area contributed by atoms with E-state index in [9.17, 15) is 14.7 Å². The van der Waals surface area contributed by atoms with Crippen molar-refractivity contribution in [3.63, 3.8) is 0 Å². The minimum atomic E-state index is -2.98. The molecule has 0 aliphatic heterocycles. The molecule has 0 saturated heterocycles. The smallest absolute Gasteiger partial charge is 0.269 e. The summed E-state index contributed by atoms with van der Waals surface area (Å²) in [4.78, 5) is 10.2. The van der Waals surface area contributed by atoms with E-state index >= 15 is 0 Å². The van der Waals surface area contributed by atoms with E-state index in [0.717, 1.165) is 0 Å². The van der Waals surface area contributed by atoms with E-state index in [1.807, 2.05) is 60.7 Å². The molecule has 0 fully saturated rings. The zero-order chi connectivity index (χ0) is 17.7. The molecule has 0 aliphatic rings. The molecule has 0 heterocycles. The van der Waals surface area contributed by atoms with Crippen molar-refractivity contribution in [2.75, 3.05) is 6.35 Å². The van der Waals surface area contributed by atoms with Crippen molar-refractivity contribution in [3.05, 3.63) is 95.0 Å². The van der Waals surface area contributed by atoms with Crippen molar-refractivity contribution in [2.24, 2.45) is 0 Å². The van der Waals surface area contributed by atoms with Gasteiger partial charge >= 0.3 is 0 Å². The molecule has 0 amide bonds. The van der Waals surface area contributed by atoms with Crippen molar-refractivity contribution in [1.29, 1.82) is 0 Å². The molecule has 25 heavy (non-hydrogen) atoms. The summed E-state index contributed by atoms with van der Waals surface area (Å²) in [6.07, 6.45) is -0.0150. The van der Waals surface area contributed by atoms with Gasteiger partial charge in [0.05, 0.1) is 4.92 Å². The van der Waals surface area contributed by atoms with E-state index in [-0.39, 0.29) is 12.0 Å². The predicted octanol–water partition coefficient (Wildman–Crippen LogP) is 3.95. The molecule has 0 bridgehead atoms. The fourth-order valence-electron chi connectivity index (χ4n) is 2.47. The maximum atomic E-state index is 13.7. The summed E-state index contributed by atoms with van der Waals surface area (Å²) in [5.41, 5.74) is -0.0124. The summed E-state index contributed by atoms with van der Waals surface area (Å²) in [6.45, 7) is 0. The molecule has 3 rings (SSSR count). The molecule has 0 aliphatic carbocycles. The van der Waals surface area contributed by atoms with Crippen molar-refractivity contribution in [3.8, 4) is 5.75 Å². The number of nitro groups is 1. The lowest BCUT2D eigenvalue weighted by atomic mass is 10.3. The fraction of sp³-hybridized carbons (Fsp3) is 0.0526. The first kappa shape index (κ1) is 16.9. The summed E-state index contributed by atoms with van der Waals surface area (Å²) in [5.74, 6) is 0.442. The van der Waals surface area contributed by atoms with Crippen LogP contribution in [0.5, 0.6) is 5.75 Å². The van der Waals surface area contributed by atoms with Crippen LogP contribution in [0.2, 0.25) is 0 Å². The number of non-ortho nitro benzene ring substituents is 1. The number of benzene rings is 3. The van der Waals surface area contributed by atoms with Crippen LogP contribution in [0, 0.1) is 10.1 Å². The lowest BCUT2D eigenvalue weighted by Crippen LogP contribution is -2.20. The van der Waals surface area contributed by atoms with E-state index in [1.165, 1.54) is 24.3 Å². The van der Waals surface area contributed by atoms with E-state index in [0.29, 0.717) is 16.4 Å². The first-order valence-electron chi connectivity index (χ1n) is 7.67. The number of nitrogens with zero attached hydrogens (tertiary/aromatic N) is 1. The highest BCUT2D eigenvalue weighted by atomic mass is 31.2. The van der Waals surface area contributed by atoms with Crippen LogP contribution in [0.25, 0.3) is 0 Å². The monoisotopic (exact) mass is 353 g/mol. The quantitative estimate of drug-likeness (QED) is 0.382. The predicted molar refractivity (Wildman–Crippen MR) is 98.3 cm³/mol. The van der Waals surface area contributed by atoms with Gasteiger partial charge < -0.3 is 9.30 Å². The van der Waals surface area contributed by atoms with Crippen LogP contribution in [-0.2, 0) is 4.57 Å². The molecule has 6 heteroatoms. The number of nitro benzene ring substituents is 1. The molecule has 0 radical (unpaired) electrons. The van der Waals surface area contributed by atoms with Crippen molar-refractivity contribution in [1.82, 2.24) is 0 Å². The topological polar surface area (TPSA) is 69.4 Å². The molecule has 0 aromatic heterocycles. The van der Waals surface area contributed by atoms with Crippen LogP contribution in [0.1, 0.15) is 0 Å². The molecule has 3 aromatic carbocycles. The molecule has 0 saturated carbocycles. The Balaban J connectivity index is 1.89. The summed E-state index contributed by atoms with van der Waals surface area (Å²) >= 11 is 0. The fourth-order valence-corrected chi connectivity index (χ4v) is 4.70. The van der Waals surface area contributed by atoms with E-state index in [1.54, 1.807) is 0 Å². The highest BCUT2D eigenvalue weighted by Crippen LogP contribution is 2.43. The van der Waals surface area contributed by atoms with Gasteiger partial charge in [0.2, 0.25) is 0 Å². The molecular formula is C19H16NO4P. The lowest BCUT2D eigenvalue weighted by Gasteiger charge is -2.19. The van der Waals surface area contributed by atoms with Crippen LogP contribution >= 0.6 is 7.14 Å². The summed E-state index contributed by atoms with van der Waals surface area (Å²) in [5, 5.41) is 12.1. The van der Waals surface area contributed by atoms with Crippen LogP contribution in [0.4, 0.5) is 5.69 Å². The van der Waals surface area contributed by atoms with Gasteiger partial charge in [0, 0.05) is 22.7 Å². The molecule has 126 valence electrons. The Hall–Kier alpha value is -2.91. The first-order chi connectivity index (χ1) is 12.1. The Kier molecular flexibility index (Phi) is 4.96. The van der Waals surface area contributed by atoms with E-state index in [4.69, 9.17) is 4.74 Å². The van der Waals surface area contributed by atoms with Gasteiger partial charge in [-0.3, -0.25) is 10.1 Å². The molecule has 3 aromatic rings. The van der Waals surface area contributed by atoms with Gasteiger partial charge in [-0.2, -0.15) is 0 Å². The third kappa shape index (κ3) is 3.78. The molecule has 0 unspecified atom stereocenters. The second kappa shape index (κ2) is 7.32. The second-order valence-electron chi connectivity index (χ2n) is 5.44. The number of hydrogen-bond acceptors (Lipinski definition) is 4. The number of ether oxygens (including phenoxy) is 1.